The molecule has 1 aromatic rings. The summed E-state index contributed by atoms with van der Waals surface area (Å²) in [6.07, 6.45) is 1.73. The minimum atomic E-state index is -0.266. The van der Waals surface area contributed by atoms with E-state index in [-0.39, 0.29) is 24.2 Å². The normalized spacial score (nSPS) is 16.8. The summed E-state index contributed by atoms with van der Waals surface area (Å²) < 4.78 is 13.3. The van der Waals surface area contributed by atoms with E-state index in [1.807, 2.05) is 0 Å². The minimum absolute atomic E-state index is 0.0368. The van der Waals surface area contributed by atoms with Gasteiger partial charge in [-0.25, -0.2) is 4.39 Å². The van der Waals surface area contributed by atoms with Gasteiger partial charge >= 0.3 is 0 Å². The molecular weight excluding hydrogens is 219 g/mol. The Bertz CT molecular complexity index is 389. The third-order valence-electron chi connectivity index (χ3n) is 3.12. The molecule has 1 amide bonds. The van der Waals surface area contributed by atoms with Crippen molar-refractivity contribution in [1.29, 1.82) is 0 Å². The first kappa shape index (κ1) is 12.0. The molecule has 0 unspecified atom stereocenters. The maximum atomic E-state index is 13.3. The molecule has 1 heterocycles. The van der Waals surface area contributed by atoms with Crippen LogP contribution in [0.25, 0.3) is 0 Å². The van der Waals surface area contributed by atoms with Crippen molar-refractivity contribution in [2.24, 2.45) is 5.92 Å². The summed E-state index contributed by atoms with van der Waals surface area (Å²) in [5.41, 5.74) is 0.537. The fourth-order valence-corrected chi connectivity index (χ4v) is 2.05. The SMILES string of the molecule is O=C(NCc1ccccc1F)C1CCNCC1. The average Bonchev–Trinajstić information content (AvgIpc) is 2.38. The fourth-order valence-electron chi connectivity index (χ4n) is 2.05. The van der Waals surface area contributed by atoms with Crippen molar-refractivity contribution in [2.75, 3.05) is 13.1 Å². The molecule has 0 aromatic heterocycles. The van der Waals surface area contributed by atoms with E-state index in [0.29, 0.717) is 5.56 Å². The molecule has 0 bridgehead atoms. The lowest BCUT2D eigenvalue weighted by Crippen LogP contribution is -2.37. The second-order valence-electron chi connectivity index (χ2n) is 4.33. The molecule has 0 atom stereocenters. The smallest absolute Gasteiger partial charge is 0.223 e. The highest BCUT2D eigenvalue weighted by molar-refractivity contribution is 5.78. The topological polar surface area (TPSA) is 41.1 Å². The molecule has 0 spiro atoms. The molecule has 0 aliphatic carbocycles. The Morgan fingerprint density at radius 2 is 2.06 bits per heavy atom. The predicted octanol–water partition coefficient (Wildman–Crippen LogP) is 1.44. The van der Waals surface area contributed by atoms with Gasteiger partial charge in [0.2, 0.25) is 5.91 Å². The molecule has 1 saturated heterocycles. The second kappa shape index (κ2) is 5.77. The molecule has 1 aromatic carbocycles. The lowest BCUT2D eigenvalue weighted by Gasteiger charge is -2.21. The second-order valence-corrected chi connectivity index (χ2v) is 4.33. The van der Waals surface area contributed by atoms with E-state index < -0.39 is 0 Å². The summed E-state index contributed by atoms with van der Waals surface area (Å²) >= 11 is 0. The predicted molar refractivity (Wildman–Crippen MR) is 63.8 cm³/mol. The van der Waals surface area contributed by atoms with Gasteiger partial charge in [0.25, 0.3) is 0 Å². The minimum Gasteiger partial charge on any atom is -0.352 e. The highest BCUT2D eigenvalue weighted by Gasteiger charge is 2.20. The van der Waals surface area contributed by atoms with Gasteiger partial charge in [-0.2, -0.15) is 0 Å². The lowest BCUT2D eigenvalue weighted by molar-refractivity contribution is -0.125. The maximum absolute atomic E-state index is 13.3. The van der Waals surface area contributed by atoms with Crippen LogP contribution in [-0.4, -0.2) is 19.0 Å². The van der Waals surface area contributed by atoms with Crippen LogP contribution in [-0.2, 0) is 11.3 Å². The van der Waals surface area contributed by atoms with Crippen molar-refractivity contribution < 1.29 is 9.18 Å². The maximum Gasteiger partial charge on any atom is 0.223 e. The van der Waals surface area contributed by atoms with E-state index in [9.17, 15) is 9.18 Å². The van der Waals surface area contributed by atoms with Crippen LogP contribution in [0.15, 0.2) is 24.3 Å². The Hall–Kier alpha value is -1.42. The Morgan fingerprint density at radius 1 is 1.35 bits per heavy atom. The van der Waals surface area contributed by atoms with Crippen molar-refractivity contribution in [3.8, 4) is 0 Å². The zero-order chi connectivity index (χ0) is 12.1. The zero-order valence-corrected chi connectivity index (χ0v) is 9.71. The highest BCUT2D eigenvalue weighted by atomic mass is 19.1. The van der Waals surface area contributed by atoms with E-state index in [0.717, 1.165) is 25.9 Å². The Morgan fingerprint density at radius 3 is 2.76 bits per heavy atom. The van der Waals surface area contributed by atoms with Gasteiger partial charge in [-0.1, -0.05) is 18.2 Å². The first-order valence-corrected chi connectivity index (χ1v) is 5.99. The van der Waals surface area contributed by atoms with Crippen LogP contribution < -0.4 is 10.6 Å². The number of piperidine rings is 1. The van der Waals surface area contributed by atoms with Gasteiger partial charge in [-0.3, -0.25) is 4.79 Å². The number of rotatable bonds is 3. The first-order valence-electron chi connectivity index (χ1n) is 5.99. The van der Waals surface area contributed by atoms with Crippen molar-refractivity contribution in [3.63, 3.8) is 0 Å². The molecule has 4 heteroatoms. The number of amides is 1. The third-order valence-corrected chi connectivity index (χ3v) is 3.12. The molecule has 0 saturated carbocycles. The van der Waals surface area contributed by atoms with Gasteiger partial charge in [-0.05, 0) is 32.0 Å². The van der Waals surface area contributed by atoms with Crippen LogP contribution in [0.5, 0.6) is 0 Å². The monoisotopic (exact) mass is 236 g/mol. The van der Waals surface area contributed by atoms with E-state index in [4.69, 9.17) is 0 Å². The molecular formula is C13H17FN2O. The van der Waals surface area contributed by atoms with Crippen molar-refractivity contribution >= 4 is 5.91 Å². The average molecular weight is 236 g/mol. The van der Waals surface area contributed by atoms with Gasteiger partial charge in [-0.15, -0.1) is 0 Å². The van der Waals surface area contributed by atoms with Gasteiger partial charge in [0.1, 0.15) is 5.82 Å². The Kier molecular flexibility index (Phi) is 4.09. The summed E-state index contributed by atoms with van der Waals surface area (Å²) in [5.74, 6) is -0.157. The van der Waals surface area contributed by atoms with Crippen molar-refractivity contribution in [3.05, 3.63) is 35.6 Å². The van der Waals surface area contributed by atoms with Crippen LogP contribution in [0.3, 0.4) is 0 Å². The summed E-state index contributed by atoms with van der Waals surface area (Å²) in [4.78, 5) is 11.8. The van der Waals surface area contributed by atoms with E-state index >= 15 is 0 Å². The number of nitrogens with one attached hydrogen (secondary N) is 2. The molecule has 1 fully saturated rings. The van der Waals surface area contributed by atoms with Gasteiger partial charge in [0.15, 0.2) is 0 Å². The van der Waals surface area contributed by atoms with Crippen molar-refractivity contribution in [2.45, 2.75) is 19.4 Å². The van der Waals surface area contributed by atoms with E-state index in [2.05, 4.69) is 10.6 Å². The number of hydrogen-bond acceptors (Lipinski definition) is 2. The molecule has 2 N–H and O–H groups in total. The quantitative estimate of drug-likeness (QED) is 0.834. The van der Waals surface area contributed by atoms with Crippen LogP contribution in [0.1, 0.15) is 18.4 Å². The Labute approximate surface area is 100 Å². The molecule has 1 aliphatic heterocycles. The summed E-state index contributed by atoms with van der Waals surface area (Å²) in [7, 11) is 0. The number of benzene rings is 1. The Balaban J connectivity index is 1.85. The number of carbonyl (C=O) groups excluding carboxylic acids is 1. The summed E-state index contributed by atoms with van der Waals surface area (Å²) in [6, 6.07) is 6.52. The largest absolute Gasteiger partial charge is 0.352 e. The molecule has 1 aliphatic rings. The number of halogens is 1. The summed E-state index contributed by atoms with van der Waals surface area (Å²) in [5, 5.41) is 6.02. The van der Waals surface area contributed by atoms with Gasteiger partial charge in [0, 0.05) is 18.0 Å². The van der Waals surface area contributed by atoms with E-state index in [1.54, 1.807) is 18.2 Å². The molecule has 3 nitrogen and oxygen atoms in total. The van der Waals surface area contributed by atoms with Gasteiger partial charge < -0.3 is 10.6 Å². The van der Waals surface area contributed by atoms with Crippen LogP contribution in [0.4, 0.5) is 4.39 Å². The van der Waals surface area contributed by atoms with Crippen molar-refractivity contribution in [1.82, 2.24) is 10.6 Å². The lowest BCUT2D eigenvalue weighted by atomic mass is 9.97. The third kappa shape index (κ3) is 3.27. The van der Waals surface area contributed by atoms with Crippen LogP contribution in [0, 0.1) is 11.7 Å². The van der Waals surface area contributed by atoms with E-state index in [1.165, 1.54) is 6.07 Å². The number of carbonyl (C=O) groups is 1. The van der Waals surface area contributed by atoms with Gasteiger partial charge in [0.05, 0.1) is 0 Å². The highest BCUT2D eigenvalue weighted by Crippen LogP contribution is 2.12. The molecule has 17 heavy (non-hydrogen) atoms. The first-order chi connectivity index (χ1) is 8.27. The molecule has 0 radical (unpaired) electrons. The number of hydrogen-bond donors (Lipinski definition) is 2. The molecule has 92 valence electrons. The van der Waals surface area contributed by atoms with Crippen LogP contribution in [0.2, 0.25) is 0 Å². The standard InChI is InChI=1S/C13H17FN2O/c14-12-4-2-1-3-11(12)9-16-13(17)10-5-7-15-8-6-10/h1-4,10,15H,5-9H2,(H,16,17). The summed E-state index contributed by atoms with van der Waals surface area (Å²) in [6.45, 7) is 2.05. The zero-order valence-electron chi connectivity index (χ0n) is 9.71. The van der Waals surface area contributed by atoms with Crippen LogP contribution >= 0.6 is 0 Å². The molecule has 2 rings (SSSR count). The fraction of sp³-hybridized carbons (Fsp3) is 0.462.